The number of unbranched alkanes of at least 4 members (excludes halogenated alkanes) is 10. The van der Waals surface area contributed by atoms with E-state index in [2.05, 4.69) is 31.0 Å². The van der Waals surface area contributed by atoms with E-state index in [1.165, 1.54) is 88.4 Å². The number of nitrogens with two attached hydrogens (primary N) is 2. The van der Waals surface area contributed by atoms with Gasteiger partial charge in [-0.3, -0.25) is 4.79 Å². The van der Waals surface area contributed by atoms with Crippen molar-refractivity contribution >= 4 is 44.8 Å². The minimum atomic E-state index is -1.01. The molecule has 8 heteroatoms. The van der Waals surface area contributed by atoms with E-state index in [4.69, 9.17) is 16.6 Å². The molecule has 200 valence electrons. The van der Waals surface area contributed by atoms with Gasteiger partial charge in [-0.05, 0) is 50.3 Å². The first-order valence-corrected chi connectivity index (χ1v) is 14.3. The Morgan fingerprint density at radius 1 is 0.886 bits per heavy atom. The zero-order chi connectivity index (χ0) is 26.3. The average Bonchev–Trinajstić information content (AvgIpc) is 3.27. The van der Waals surface area contributed by atoms with Crippen LogP contribution in [0.25, 0.3) is 10.2 Å². The Morgan fingerprint density at radius 2 is 1.37 bits per heavy atom. The second-order valence-electron chi connectivity index (χ2n) is 8.62. The largest absolute Gasteiger partial charge is 0.501 e. The number of fused-ring (bicyclic) bond motifs is 1. The van der Waals surface area contributed by atoms with Gasteiger partial charge in [-0.1, -0.05) is 90.2 Å². The van der Waals surface area contributed by atoms with Crippen LogP contribution in [-0.4, -0.2) is 39.3 Å². The molecular weight excluding hydrogens is 478 g/mol. The van der Waals surface area contributed by atoms with Crippen molar-refractivity contribution < 1.29 is 15.0 Å². The maximum absolute atomic E-state index is 10.7. The van der Waals surface area contributed by atoms with Crippen molar-refractivity contribution in [1.82, 2.24) is 4.98 Å². The zero-order valence-electron chi connectivity index (χ0n) is 21.7. The predicted octanol–water partition coefficient (Wildman–Crippen LogP) is 7.35. The lowest BCUT2D eigenvalue weighted by Crippen LogP contribution is -2.14. The van der Waals surface area contributed by atoms with Crippen LogP contribution in [0.4, 0.5) is 0 Å². The number of carboxylic acid groups (broad SMARTS) is 1. The molecule has 0 spiro atoms. The maximum atomic E-state index is 10.7. The SMILES string of the molecule is CCCCCCCCN.CCCCCCCCN.O=C(O)CC(C(O)=S)c1nc2ccccc2s1. The van der Waals surface area contributed by atoms with E-state index in [9.17, 15) is 9.90 Å². The number of carboxylic acids is 1. The van der Waals surface area contributed by atoms with Crippen molar-refractivity contribution in [2.75, 3.05) is 13.1 Å². The van der Waals surface area contributed by atoms with Gasteiger partial charge in [0.05, 0.1) is 22.6 Å². The summed E-state index contributed by atoms with van der Waals surface area (Å²) in [4.78, 5) is 15.0. The summed E-state index contributed by atoms with van der Waals surface area (Å²) < 4.78 is 0.953. The van der Waals surface area contributed by atoms with Crippen LogP contribution in [0, 0.1) is 0 Å². The van der Waals surface area contributed by atoms with E-state index < -0.39 is 11.9 Å². The Morgan fingerprint density at radius 3 is 1.80 bits per heavy atom. The number of aliphatic hydroxyl groups is 1. The van der Waals surface area contributed by atoms with Gasteiger partial charge < -0.3 is 21.7 Å². The first kappa shape index (κ1) is 33.4. The molecule has 2 aromatic rings. The highest BCUT2D eigenvalue weighted by Gasteiger charge is 2.23. The summed E-state index contributed by atoms with van der Waals surface area (Å²) in [5.41, 5.74) is 11.5. The van der Waals surface area contributed by atoms with Gasteiger partial charge in [0.15, 0.2) is 5.05 Å². The second-order valence-corrected chi connectivity index (χ2v) is 10.1. The van der Waals surface area contributed by atoms with Gasteiger partial charge in [-0.15, -0.1) is 11.3 Å². The molecular formula is C27H47N3O3S2. The topological polar surface area (TPSA) is 122 Å². The molecule has 1 unspecified atom stereocenters. The maximum Gasteiger partial charge on any atom is 0.304 e. The molecule has 2 rings (SSSR count). The summed E-state index contributed by atoms with van der Waals surface area (Å²) in [5.74, 6) is -1.72. The Bertz CT molecular complexity index is 740. The summed E-state index contributed by atoms with van der Waals surface area (Å²) in [5, 5.41) is 18.4. The minimum Gasteiger partial charge on any atom is -0.501 e. The first-order valence-electron chi connectivity index (χ1n) is 13.1. The Hall–Kier alpha value is -1.61. The fraction of sp³-hybridized carbons (Fsp3) is 0.667. The van der Waals surface area contributed by atoms with Crippen molar-refractivity contribution in [3.63, 3.8) is 0 Å². The van der Waals surface area contributed by atoms with E-state index in [1.54, 1.807) is 0 Å². The normalized spacial score (nSPS) is 11.2. The van der Waals surface area contributed by atoms with Crippen LogP contribution < -0.4 is 11.5 Å². The molecule has 0 aliphatic rings. The van der Waals surface area contributed by atoms with Gasteiger partial charge in [0, 0.05) is 0 Å². The summed E-state index contributed by atoms with van der Waals surface area (Å²) in [6.07, 6.45) is 15.9. The molecule has 0 radical (unpaired) electrons. The molecule has 0 fully saturated rings. The van der Waals surface area contributed by atoms with E-state index in [0.29, 0.717) is 5.01 Å². The number of thiazole rings is 1. The van der Waals surface area contributed by atoms with E-state index >= 15 is 0 Å². The minimum absolute atomic E-state index is 0.241. The Kier molecular flexibility index (Phi) is 21.8. The van der Waals surface area contributed by atoms with Crippen molar-refractivity contribution in [3.8, 4) is 0 Å². The lowest BCUT2D eigenvalue weighted by Gasteiger charge is -2.07. The Labute approximate surface area is 221 Å². The number of para-hydroxylation sites is 1. The summed E-state index contributed by atoms with van der Waals surface area (Å²) in [7, 11) is 0. The fourth-order valence-corrected chi connectivity index (χ4v) is 4.68. The number of hydrogen-bond donors (Lipinski definition) is 4. The molecule has 1 aromatic heterocycles. The number of nitrogens with zero attached hydrogens (tertiary/aromatic N) is 1. The molecule has 0 bridgehead atoms. The van der Waals surface area contributed by atoms with E-state index in [-0.39, 0.29) is 11.5 Å². The van der Waals surface area contributed by atoms with Gasteiger partial charge in [0.1, 0.15) is 5.01 Å². The second kappa shape index (κ2) is 22.8. The molecule has 0 saturated heterocycles. The summed E-state index contributed by atoms with van der Waals surface area (Å²) >= 11 is 6.03. The predicted molar refractivity (Wildman–Crippen MR) is 155 cm³/mol. The molecule has 1 aromatic carbocycles. The number of benzene rings is 1. The van der Waals surface area contributed by atoms with Crippen LogP contribution in [0.1, 0.15) is 108 Å². The van der Waals surface area contributed by atoms with E-state index in [0.717, 1.165) is 23.3 Å². The van der Waals surface area contributed by atoms with Crippen molar-refractivity contribution in [2.45, 2.75) is 103 Å². The number of rotatable bonds is 16. The number of hydrogen-bond acceptors (Lipinski definition) is 6. The van der Waals surface area contributed by atoms with Crippen molar-refractivity contribution in [2.24, 2.45) is 11.5 Å². The highest BCUT2D eigenvalue weighted by Crippen LogP contribution is 2.30. The summed E-state index contributed by atoms with van der Waals surface area (Å²) in [6.45, 7) is 6.21. The molecule has 0 aliphatic heterocycles. The number of aliphatic hydroxyl groups excluding tert-OH is 1. The lowest BCUT2D eigenvalue weighted by molar-refractivity contribution is -0.137. The lowest BCUT2D eigenvalue weighted by atomic mass is 10.1. The van der Waals surface area contributed by atoms with Crippen LogP contribution in [0.2, 0.25) is 0 Å². The number of carbonyl (C=O) groups is 1. The number of aromatic nitrogens is 1. The highest BCUT2D eigenvalue weighted by molar-refractivity contribution is 7.80. The molecule has 1 heterocycles. The van der Waals surface area contributed by atoms with Crippen LogP contribution in [0.3, 0.4) is 0 Å². The van der Waals surface area contributed by atoms with Gasteiger partial charge in [0.2, 0.25) is 0 Å². The summed E-state index contributed by atoms with van der Waals surface area (Å²) in [6, 6.07) is 7.48. The molecule has 0 saturated carbocycles. The third-order valence-corrected chi connectivity index (χ3v) is 6.84. The van der Waals surface area contributed by atoms with Gasteiger partial charge in [0.25, 0.3) is 0 Å². The third kappa shape index (κ3) is 17.5. The standard InChI is InChI=1S/C11H9NO3S2.2C8H19N/c13-9(14)5-6(11(15)16)10-12-7-3-1-2-4-8(7)17-10;2*1-2-3-4-5-6-7-8-9/h1-4,6H,5H2,(H,13,14)(H,15,16);2*2-9H2,1H3. The fourth-order valence-electron chi connectivity index (χ4n) is 3.34. The van der Waals surface area contributed by atoms with Crippen LogP contribution in [0.5, 0.6) is 0 Å². The quantitative estimate of drug-likeness (QED) is 0.133. The van der Waals surface area contributed by atoms with Crippen molar-refractivity contribution in [3.05, 3.63) is 29.3 Å². The smallest absolute Gasteiger partial charge is 0.304 e. The molecule has 6 nitrogen and oxygen atoms in total. The van der Waals surface area contributed by atoms with Crippen LogP contribution in [-0.2, 0) is 4.79 Å². The third-order valence-electron chi connectivity index (χ3n) is 5.40. The molecule has 6 N–H and O–H groups in total. The molecule has 0 aliphatic carbocycles. The van der Waals surface area contributed by atoms with Gasteiger partial charge >= 0.3 is 5.97 Å². The van der Waals surface area contributed by atoms with Crippen LogP contribution >= 0.6 is 23.6 Å². The van der Waals surface area contributed by atoms with Gasteiger partial charge in [-0.2, -0.15) is 0 Å². The highest BCUT2D eigenvalue weighted by atomic mass is 32.1. The zero-order valence-corrected chi connectivity index (χ0v) is 23.3. The Balaban J connectivity index is 0.000000549. The molecule has 1 atom stereocenters. The van der Waals surface area contributed by atoms with Gasteiger partial charge in [-0.25, -0.2) is 4.98 Å². The van der Waals surface area contributed by atoms with Crippen molar-refractivity contribution in [1.29, 1.82) is 0 Å². The monoisotopic (exact) mass is 525 g/mol. The number of thiocarbonyl (C=S) groups is 1. The number of aliphatic carboxylic acids is 1. The first-order chi connectivity index (χ1) is 16.9. The molecule has 35 heavy (non-hydrogen) atoms. The molecule has 0 amide bonds. The van der Waals surface area contributed by atoms with Crippen LogP contribution in [0.15, 0.2) is 24.3 Å². The van der Waals surface area contributed by atoms with E-state index in [1.807, 2.05) is 24.3 Å². The average molecular weight is 526 g/mol.